The number of ether oxygens (including phenoxy) is 1. The first-order valence-electron chi connectivity index (χ1n) is 25.5. The van der Waals surface area contributed by atoms with Gasteiger partial charge in [0.15, 0.2) is 50.6 Å². The van der Waals surface area contributed by atoms with Gasteiger partial charge in [-0.3, -0.25) is 24.0 Å². The average molecular weight is 1380 g/mol. The number of carboxylic acid groups (broad SMARTS) is 1. The van der Waals surface area contributed by atoms with Crippen molar-refractivity contribution in [3.05, 3.63) is 41.7 Å². The van der Waals surface area contributed by atoms with Crippen LogP contribution in [0.25, 0.3) is 6.15 Å². The van der Waals surface area contributed by atoms with Gasteiger partial charge in [0.05, 0.1) is 7.11 Å². The number of Topliss-reactive ketones (excluding diaryl/α,β-unsaturated/α-hetero) is 1. The topological polar surface area (TPSA) is 349 Å². The van der Waals surface area contributed by atoms with Crippen LogP contribution in [0.5, 0.6) is 0 Å². The Hall–Kier alpha value is -0.174. The van der Waals surface area contributed by atoms with Gasteiger partial charge in [0.25, 0.3) is 5.97 Å². The maximum absolute atomic E-state index is 12.1. The molecule has 10 N–H and O–H groups in total. The zero-order chi connectivity index (χ0) is 63.9. The predicted molar refractivity (Wildman–Crippen MR) is 333 cm³/mol. The van der Waals surface area contributed by atoms with Crippen LogP contribution in [0.1, 0.15) is 152 Å². The van der Waals surface area contributed by atoms with Crippen molar-refractivity contribution < 1.29 is 181 Å². The standard InChI is InChI=1S/3C13H26O3Si.C8H18O3Si.C6H12O.C2H4O2.CH4O.2Cu.H2N.2Na.2H2O/c3*1-12(2,3)10(14)9-11(15)13(4,5)16-17(6,7)8;1-8(2,7(9)10-3)11-12(4,5)6;1-5(7)6(2,3)4;1-2(3)4;1-2;;;;;;;/h3*9,14H,1-8H3;1-6H3;1-4H3;1H3,(H,3,4);2H,1H3;;;1H2;;;2*1H2/q;;;;;;;;;-1;2*+1;;/p-1/b2*10-9-;;;;;;;;;;;;. The van der Waals surface area contributed by atoms with Crippen LogP contribution in [0.2, 0.25) is 78.6 Å². The molecule has 0 heterocycles. The number of aliphatic carboxylic acids is 1. The Bertz CT molecular complexity index is 1770. The molecule has 0 spiro atoms. The number of nitrogens with two attached hydrogens (primary N) is 1. The van der Waals surface area contributed by atoms with Crippen LogP contribution in [0.3, 0.4) is 0 Å². The van der Waals surface area contributed by atoms with Crippen molar-refractivity contribution in [3.63, 3.8) is 0 Å². The Morgan fingerprint density at radius 2 is 0.566 bits per heavy atom. The van der Waals surface area contributed by atoms with Crippen LogP contribution >= 0.6 is 0 Å². The molecule has 0 fully saturated rings. The second kappa shape index (κ2) is 46.8. The third kappa shape index (κ3) is 70.8. The summed E-state index contributed by atoms with van der Waals surface area (Å²) in [6.07, 6.45) is 3.76. The number of hydrogen-bond acceptors (Lipinski definition) is 15. The molecule has 19 nitrogen and oxygen atoms in total. The van der Waals surface area contributed by atoms with Gasteiger partial charge in [-0.25, -0.2) is 4.79 Å². The molecule has 0 bridgehead atoms. The number of ketones is 4. The van der Waals surface area contributed by atoms with E-state index < -0.39 is 77.9 Å². The second-order valence-electron chi connectivity index (χ2n) is 28.1. The first-order chi connectivity index (χ1) is 32.6. The van der Waals surface area contributed by atoms with E-state index in [1.54, 1.807) is 83.1 Å². The summed E-state index contributed by atoms with van der Waals surface area (Å²) < 4.78 is 27.7. The maximum atomic E-state index is 12.1. The normalized spacial score (nSPS) is 12.4. The summed E-state index contributed by atoms with van der Waals surface area (Å²) in [5, 5.41) is 45.8. The van der Waals surface area contributed by atoms with Gasteiger partial charge in [-0.05, 0) is 152 Å². The fourth-order valence-electron chi connectivity index (χ4n) is 5.04. The van der Waals surface area contributed by atoms with Gasteiger partial charge in [0, 0.05) is 76.6 Å². The predicted octanol–water partition coefficient (Wildman–Crippen LogP) is 6.00. The third-order valence-corrected chi connectivity index (χ3v) is 13.3. The summed E-state index contributed by atoms with van der Waals surface area (Å²) in [5.74, 6) is -1.50. The van der Waals surface area contributed by atoms with E-state index in [-0.39, 0.29) is 162 Å². The largest absolute Gasteiger partial charge is 1.00 e. The molecule has 0 aliphatic heterocycles. The van der Waals surface area contributed by atoms with Crippen LogP contribution in [0.4, 0.5) is 0 Å². The summed E-state index contributed by atoms with van der Waals surface area (Å²) >= 11 is 0. The number of aliphatic hydroxyl groups is 3. The van der Waals surface area contributed by atoms with Crippen molar-refractivity contribution in [2.24, 2.45) is 21.7 Å². The summed E-state index contributed by atoms with van der Waals surface area (Å²) in [6, 6.07) is 0. The number of rotatable bonds is 15. The summed E-state index contributed by atoms with van der Waals surface area (Å²) in [4.78, 5) is 66.8. The van der Waals surface area contributed by atoms with E-state index >= 15 is 0 Å². The molecular weight excluding hydrogens is 1260 g/mol. The molecule has 83 heavy (non-hydrogen) atoms. The van der Waals surface area contributed by atoms with Gasteiger partial charge in [0.2, 0.25) is 0 Å². The molecular formula is C56H121Cu2NNa2O18Si4. The minimum absolute atomic E-state index is 0. The van der Waals surface area contributed by atoms with Crippen molar-refractivity contribution in [1.29, 1.82) is 0 Å². The molecule has 0 aliphatic carbocycles. The molecule has 0 rings (SSSR count). The number of carbonyl (C=O) groups excluding carboxylic acids is 5. The van der Waals surface area contributed by atoms with Gasteiger partial charge in [-0.2, -0.15) is 0 Å². The van der Waals surface area contributed by atoms with Gasteiger partial charge < -0.3 is 65.1 Å². The molecule has 2 radical (unpaired) electrons. The Balaban J connectivity index is -0.0000000582. The van der Waals surface area contributed by atoms with Crippen molar-refractivity contribution in [1.82, 2.24) is 0 Å². The average Bonchev–Trinajstić information content (AvgIpc) is 3.10. The Kier molecular flexibility index (Phi) is 66.1. The molecule has 27 heteroatoms. The van der Waals surface area contributed by atoms with E-state index in [1.807, 2.05) is 141 Å². The van der Waals surface area contributed by atoms with E-state index in [4.69, 9.17) is 32.7 Å². The van der Waals surface area contributed by atoms with E-state index in [9.17, 15) is 39.3 Å². The van der Waals surface area contributed by atoms with E-state index in [1.165, 1.54) is 25.3 Å². The first kappa shape index (κ1) is 117. The number of methoxy groups -OCH3 is 1. The molecule has 0 unspecified atom stereocenters. The zero-order valence-corrected chi connectivity index (χ0v) is 69.0. The van der Waals surface area contributed by atoms with Crippen molar-refractivity contribution >= 4 is 68.3 Å². The van der Waals surface area contributed by atoms with Crippen LogP contribution in [-0.2, 0) is 85.3 Å². The molecule has 0 aliphatic rings. The number of carboxylic acids is 1. The van der Waals surface area contributed by atoms with Crippen LogP contribution in [0, 0.1) is 21.7 Å². The minimum Gasteiger partial charge on any atom is -0.875 e. The molecule has 0 atom stereocenters. The Morgan fingerprint density at radius 1 is 0.398 bits per heavy atom. The van der Waals surface area contributed by atoms with Crippen molar-refractivity contribution in [2.75, 3.05) is 14.2 Å². The Morgan fingerprint density at radius 3 is 0.699 bits per heavy atom. The van der Waals surface area contributed by atoms with Gasteiger partial charge >= 0.3 is 65.1 Å². The monoisotopic (exact) mass is 1380 g/mol. The summed E-state index contributed by atoms with van der Waals surface area (Å²) in [5.41, 5.74) is -4.95. The van der Waals surface area contributed by atoms with E-state index in [0.29, 0.717) is 0 Å². The number of esters is 1. The van der Waals surface area contributed by atoms with Gasteiger partial charge in [-0.1, -0.05) is 83.1 Å². The van der Waals surface area contributed by atoms with Crippen molar-refractivity contribution in [2.45, 2.75) is 253 Å². The van der Waals surface area contributed by atoms with E-state index in [2.05, 4.69) is 4.74 Å². The molecule has 498 valence electrons. The quantitative estimate of drug-likeness (QED) is 0.0632. The van der Waals surface area contributed by atoms with Crippen molar-refractivity contribution in [3.8, 4) is 0 Å². The number of aliphatic hydroxyl groups excluding tert-OH is 3. The molecule has 0 aromatic rings. The summed E-state index contributed by atoms with van der Waals surface area (Å²) in [7, 11) is -4.67. The fraction of sp³-hybridized carbons (Fsp3) is 0.786. The molecule has 0 amide bonds. The number of hydrogen-bond donors (Lipinski definition) is 4. The summed E-state index contributed by atoms with van der Waals surface area (Å²) in [6.45, 7) is 63.3. The number of allylic oxidation sites excluding steroid dienone is 3. The molecule has 0 saturated heterocycles. The fourth-order valence-corrected chi connectivity index (χ4v) is 11.5. The molecule has 0 saturated carbocycles. The van der Waals surface area contributed by atoms with E-state index in [0.717, 1.165) is 14.0 Å². The van der Waals surface area contributed by atoms with Gasteiger partial charge in [-0.15, -0.1) is 5.76 Å². The smallest absolute Gasteiger partial charge is 0.875 e. The molecule has 0 aromatic carbocycles. The second-order valence-corrected chi connectivity index (χ2v) is 45.8. The Labute approximate surface area is 574 Å². The third-order valence-electron chi connectivity index (χ3n) is 8.83. The maximum Gasteiger partial charge on any atom is 1.00 e. The zero-order valence-electron chi connectivity index (χ0n) is 59.1. The van der Waals surface area contributed by atoms with Crippen LogP contribution in [0.15, 0.2) is 35.5 Å². The van der Waals surface area contributed by atoms with Gasteiger partial charge in [0.1, 0.15) is 39.7 Å². The van der Waals surface area contributed by atoms with Crippen LogP contribution in [-0.4, -0.2) is 136 Å². The molecule has 0 aromatic heterocycles. The van der Waals surface area contributed by atoms with Crippen LogP contribution < -0.4 is 64.2 Å². The first-order valence-corrected chi connectivity index (χ1v) is 39.2. The SMILES string of the molecule is CC(=O)C(C)(C)C.CC(=O)O.CC(C)(C)C(O)=CC(=O)C(C)(C)O[Si](C)(C)C.CC(C)(O[Si](C)(C)C)C(=O)/C=C(\O)C(C)(C)C.CC(C)(O[Si](C)(C)C)C(=O)/C=C(\[O-])C(C)(C)C.CO.COC(=O)C(C)(C)O[Si](C)(C)C.O.O.[Cu].[Cu].[NH2-].[Na+].[Na+]. The minimum atomic E-state index is -1.80. The number of carbonyl (C=O) groups is 6.